The summed E-state index contributed by atoms with van der Waals surface area (Å²) < 4.78 is 5.12. The molecule has 0 spiro atoms. The van der Waals surface area contributed by atoms with Crippen molar-refractivity contribution in [2.24, 2.45) is 0 Å². The van der Waals surface area contributed by atoms with Crippen molar-refractivity contribution in [1.29, 1.82) is 0 Å². The molecular formula is C14H20N6O2. The third-order valence-electron chi connectivity index (χ3n) is 3.13. The summed E-state index contributed by atoms with van der Waals surface area (Å²) in [5.41, 5.74) is 1.04. The van der Waals surface area contributed by atoms with Crippen LogP contribution in [0.5, 0.6) is 0 Å². The standard InChI is InChI=1S/C14H20N6O2/c1-6-11-18-13(22-19-11)9(3)16-12(21)10-7-15-14(20(4)5)17-8(10)2/h7,9H,6H2,1-5H3,(H,16,21). The first-order valence-electron chi connectivity index (χ1n) is 7.06. The van der Waals surface area contributed by atoms with Crippen molar-refractivity contribution in [2.45, 2.75) is 33.2 Å². The van der Waals surface area contributed by atoms with Gasteiger partial charge in [0.1, 0.15) is 6.04 Å². The highest BCUT2D eigenvalue weighted by Crippen LogP contribution is 2.13. The minimum atomic E-state index is -0.381. The summed E-state index contributed by atoms with van der Waals surface area (Å²) in [4.78, 5) is 26.8. The Balaban J connectivity index is 2.11. The molecule has 1 amide bonds. The summed E-state index contributed by atoms with van der Waals surface area (Å²) in [5.74, 6) is 1.29. The molecule has 1 N–H and O–H groups in total. The second kappa shape index (κ2) is 6.50. The van der Waals surface area contributed by atoms with Crippen LogP contribution in [-0.2, 0) is 6.42 Å². The van der Waals surface area contributed by atoms with Gasteiger partial charge in [-0.15, -0.1) is 0 Å². The summed E-state index contributed by atoms with van der Waals surface area (Å²) in [6.45, 7) is 5.50. The second-order valence-corrected chi connectivity index (χ2v) is 5.16. The van der Waals surface area contributed by atoms with Crippen LogP contribution in [0.1, 0.15) is 47.7 Å². The lowest BCUT2D eigenvalue weighted by Gasteiger charge is -2.13. The molecule has 1 unspecified atom stereocenters. The van der Waals surface area contributed by atoms with Crippen LogP contribution < -0.4 is 10.2 Å². The lowest BCUT2D eigenvalue weighted by molar-refractivity contribution is 0.0931. The Hall–Kier alpha value is -2.51. The van der Waals surface area contributed by atoms with Crippen molar-refractivity contribution >= 4 is 11.9 Å². The number of carbonyl (C=O) groups is 1. The van der Waals surface area contributed by atoms with Gasteiger partial charge in [0.15, 0.2) is 5.82 Å². The minimum absolute atomic E-state index is 0.272. The minimum Gasteiger partial charge on any atom is -0.347 e. The van der Waals surface area contributed by atoms with E-state index in [-0.39, 0.29) is 11.9 Å². The number of anilines is 1. The van der Waals surface area contributed by atoms with Gasteiger partial charge in [-0.1, -0.05) is 12.1 Å². The van der Waals surface area contributed by atoms with Crippen LogP contribution in [0.4, 0.5) is 5.95 Å². The van der Waals surface area contributed by atoms with Gasteiger partial charge in [-0.2, -0.15) is 4.98 Å². The molecule has 2 aromatic heterocycles. The van der Waals surface area contributed by atoms with E-state index in [1.165, 1.54) is 6.20 Å². The molecular weight excluding hydrogens is 284 g/mol. The monoisotopic (exact) mass is 304 g/mol. The van der Waals surface area contributed by atoms with E-state index in [1.807, 2.05) is 21.0 Å². The van der Waals surface area contributed by atoms with Crippen LogP contribution in [0, 0.1) is 6.92 Å². The number of hydrogen-bond donors (Lipinski definition) is 1. The summed E-state index contributed by atoms with van der Waals surface area (Å²) >= 11 is 0. The van der Waals surface area contributed by atoms with Gasteiger partial charge >= 0.3 is 0 Å². The molecule has 0 saturated carbocycles. The van der Waals surface area contributed by atoms with Crippen LogP contribution >= 0.6 is 0 Å². The average molecular weight is 304 g/mol. The highest BCUT2D eigenvalue weighted by Gasteiger charge is 2.19. The van der Waals surface area contributed by atoms with Crippen molar-refractivity contribution in [3.8, 4) is 0 Å². The number of carbonyl (C=O) groups excluding carboxylic acids is 1. The molecule has 0 bridgehead atoms. The van der Waals surface area contributed by atoms with Crippen LogP contribution in [-0.4, -0.2) is 40.1 Å². The maximum atomic E-state index is 12.3. The van der Waals surface area contributed by atoms with Gasteiger partial charge in [0.25, 0.3) is 5.91 Å². The largest absolute Gasteiger partial charge is 0.347 e. The van der Waals surface area contributed by atoms with Crippen molar-refractivity contribution < 1.29 is 9.32 Å². The van der Waals surface area contributed by atoms with Crippen molar-refractivity contribution in [3.63, 3.8) is 0 Å². The Morgan fingerprint density at radius 2 is 2.14 bits per heavy atom. The zero-order valence-corrected chi connectivity index (χ0v) is 13.4. The molecule has 2 rings (SSSR count). The topological polar surface area (TPSA) is 97.0 Å². The smallest absolute Gasteiger partial charge is 0.255 e. The zero-order valence-electron chi connectivity index (χ0n) is 13.4. The van der Waals surface area contributed by atoms with Crippen LogP contribution in [0.3, 0.4) is 0 Å². The van der Waals surface area contributed by atoms with Gasteiger partial charge in [-0.05, 0) is 13.8 Å². The maximum absolute atomic E-state index is 12.3. The van der Waals surface area contributed by atoms with Gasteiger partial charge in [-0.25, -0.2) is 9.97 Å². The van der Waals surface area contributed by atoms with E-state index in [2.05, 4.69) is 25.4 Å². The van der Waals surface area contributed by atoms with E-state index < -0.39 is 0 Å². The quantitative estimate of drug-likeness (QED) is 0.888. The third-order valence-corrected chi connectivity index (χ3v) is 3.13. The molecule has 0 fully saturated rings. The van der Waals surface area contributed by atoms with E-state index in [0.29, 0.717) is 35.3 Å². The second-order valence-electron chi connectivity index (χ2n) is 5.16. The summed E-state index contributed by atoms with van der Waals surface area (Å²) in [6, 6.07) is -0.381. The summed E-state index contributed by atoms with van der Waals surface area (Å²) in [5, 5.41) is 6.63. The number of rotatable bonds is 5. The fourth-order valence-electron chi connectivity index (χ4n) is 1.82. The van der Waals surface area contributed by atoms with Gasteiger partial charge in [-0.3, -0.25) is 4.79 Å². The van der Waals surface area contributed by atoms with Crippen LogP contribution in [0.15, 0.2) is 10.7 Å². The molecule has 0 aliphatic carbocycles. The van der Waals surface area contributed by atoms with Crippen molar-refractivity contribution in [1.82, 2.24) is 25.4 Å². The normalized spacial score (nSPS) is 12.0. The first-order chi connectivity index (χ1) is 10.4. The molecule has 0 aliphatic rings. The van der Waals surface area contributed by atoms with Gasteiger partial charge in [0.2, 0.25) is 11.8 Å². The first kappa shape index (κ1) is 15.9. The average Bonchev–Trinajstić information content (AvgIpc) is 2.95. The number of nitrogens with zero attached hydrogens (tertiary/aromatic N) is 5. The molecule has 118 valence electrons. The molecule has 2 heterocycles. The Morgan fingerprint density at radius 3 is 2.68 bits per heavy atom. The van der Waals surface area contributed by atoms with Crippen LogP contribution in [0.25, 0.3) is 0 Å². The third kappa shape index (κ3) is 3.38. The van der Waals surface area contributed by atoms with Crippen molar-refractivity contribution in [2.75, 3.05) is 19.0 Å². The van der Waals surface area contributed by atoms with E-state index in [4.69, 9.17) is 4.52 Å². The Morgan fingerprint density at radius 1 is 1.41 bits per heavy atom. The maximum Gasteiger partial charge on any atom is 0.255 e. The first-order valence-corrected chi connectivity index (χ1v) is 7.06. The number of hydrogen-bond acceptors (Lipinski definition) is 7. The van der Waals surface area contributed by atoms with E-state index in [0.717, 1.165) is 0 Å². The fourth-order valence-corrected chi connectivity index (χ4v) is 1.82. The number of aryl methyl sites for hydroxylation is 2. The van der Waals surface area contributed by atoms with E-state index in [9.17, 15) is 4.79 Å². The van der Waals surface area contributed by atoms with Gasteiger partial charge in [0, 0.05) is 26.7 Å². The van der Waals surface area contributed by atoms with E-state index in [1.54, 1.807) is 18.7 Å². The number of amides is 1. The fraction of sp³-hybridized carbons (Fsp3) is 0.500. The number of aromatic nitrogens is 4. The Labute approximate surface area is 129 Å². The Kier molecular flexibility index (Phi) is 4.69. The highest BCUT2D eigenvalue weighted by atomic mass is 16.5. The molecule has 0 aliphatic heterocycles. The van der Waals surface area contributed by atoms with Crippen LogP contribution in [0.2, 0.25) is 0 Å². The summed E-state index contributed by atoms with van der Waals surface area (Å²) in [7, 11) is 3.69. The Bertz CT molecular complexity index is 667. The molecule has 8 nitrogen and oxygen atoms in total. The number of nitrogens with one attached hydrogen (secondary N) is 1. The zero-order chi connectivity index (χ0) is 16.3. The molecule has 0 saturated heterocycles. The van der Waals surface area contributed by atoms with E-state index >= 15 is 0 Å². The molecule has 2 aromatic rings. The lowest BCUT2D eigenvalue weighted by atomic mass is 10.2. The molecule has 22 heavy (non-hydrogen) atoms. The predicted octanol–water partition coefficient (Wildman–Crippen LogP) is 1.29. The lowest BCUT2D eigenvalue weighted by Crippen LogP contribution is -2.28. The van der Waals surface area contributed by atoms with Gasteiger partial charge < -0.3 is 14.7 Å². The molecule has 8 heteroatoms. The molecule has 1 atom stereocenters. The molecule has 0 radical (unpaired) electrons. The highest BCUT2D eigenvalue weighted by molar-refractivity contribution is 5.95. The predicted molar refractivity (Wildman–Crippen MR) is 80.7 cm³/mol. The van der Waals surface area contributed by atoms with Crippen molar-refractivity contribution in [3.05, 3.63) is 29.2 Å². The molecule has 0 aromatic carbocycles. The van der Waals surface area contributed by atoms with Gasteiger partial charge in [0.05, 0.1) is 11.3 Å². The summed E-state index contributed by atoms with van der Waals surface area (Å²) in [6.07, 6.45) is 2.20. The SMILES string of the molecule is CCc1noc(C(C)NC(=O)c2cnc(N(C)C)nc2C)n1.